The largest absolute Gasteiger partial charge is 0.457 e. The van der Waals surface area contributed by atoms with E-state index in [9.17, 15) is 31.2 Å². The van der Waals surface area contributed by atoms with Crippen molar-refractivity contribution in [3.8, 4) is 0 Å². The molecule has 0 spiro atoms. The van der Waals surface area contributed by atoms with Crippen LogP contribution in [0.4, 0.5) is 13.2 Å². The van der Waals surface area contributed by atoms with Crippen LogP contribution < -0.4 is 0 Å². The van der Waals surface area contributed by atoms with Gasteiger partial charge >= 0.3 is 12.1 Å². The fourth-order valence-corrected chi connectivity index (χ4v) is 6.03. The summed E-state index contributed by atoms with van der Waals surface area (Å²) in [4.78, 5) is 24.3. The van der Waals surface area contributed by atoms with E-state index in [1.165, 1.54) is 6.07 Å². The van der Waals surface area contributed by atoms with Gasteiger partial charge in [-0.05, 0) is 56.9 Å². The number of carbonyl (C=O) groups is 2. The molecule has 0 N–H and O–H groups in total. The number of benzene rings is 2. The van der Waals surface area contributed by atoms with Crippen molar-refractivity contribution in [1.29, 1.82) is 0 Å². The van der Waals surface area contributed by atoms with Gasteiger partial charge < -0.3 is 4.74 Å². The molecule has 2 aromatic rings. The number of piperidine rings is 1. The first-order valence-corrected chi connectivity index (χ1v) is 12.2. The van der Waals surface area contributed by atoms with Gasteiger partial charge in [-0.25, -0.2) is 8.42 Å². The van der Waals surface area contributed by atoms with Gasteiger partial charge in [-0.3, -0.25) is 9.59 Å². The van der Waals surface area contributed by atoms with E-state index in [0.717, 1.165) is 39.2 Å². The molecule has 0 radical (unpaired) electrons. The summed E-state index contributed by atoms with van der Waals surface area (Å²) >= 11 is 0. The van der Waals surface area contributed by atoms with Crippen LogP contribution in [-0.2, 0) is 25.7 Å². The van der Waals surface area contributed by atoms with Crippen LogP contribution in [0.3, 0.4) is 0 Å². The number of aryl methyl sites for hydroxylation is 3. The van der Waals surface area contributed by atoms with E-state index in [-0.39, 0.29) is 31.7 Å². The molecule has 1 aliphatic heterocycles. The SMILES string of the molecule is Cc1cc(C)c(C(=O)COC(=O)C2CCN(S(=O)(=O)c3ccccc3C(F)(F)F)CC2)c(C)c1. The number of nitrogens with zero attached hydrogens (tertiary/aromatic N) is 1. The van der Waals surface area contributed by atoms with Crippen LogP contribution in [-0.4, -0.2) is 44.2 Å². The Morgan fingerprint density at radius 1 is 1.03 bits per heavy atom. The molecule has 0 amide bonds. The highest BCUT2D eigenvalue weighted by Gasteiger charge is 2.40. The Hall–Kier alpha value is -2.72. The van der Waals surface area contributed by atoms with Crippen LogP contribution in [0.25, 0.3) is 0 Å². The number of esters is 1. The number of rotatable bonds is 6. The first kappa shape index (κ1) is 25.9. The quantitative estimate of drug-likeness (QED) is 0.435. The lowest BCUT2D eigenvalue weighted by Gasteiger charge is -2.30. The highest BCUT2D eigenvalue weighted by Crippen LogP contribution is 2.36. The van der Waals surface area contributed by atoms with Crippen LogP contribution in [0, 0.1) is 26.7 Å². The lowest BCUT2D eigenvalue weighted by Crippen LogP contribution is -2.41. The standard InChI is InChI=1S/C24H26F3NO5S/c1-15-12-16(2)22(17(3)13-15)20(29)14-33-23(30)18-8-10-28(11-9-18)34(31,32)21-7-5-4-6-19(21)24(25,26)27/h4-7,12-13,18H,8-11,14H2,1-3H3. The minimum absolute atomic E-state index is 0.0863. The molecule has 0 aliphatic carbocycles. The summed E-state index contributed by atoms with van der Waals surface area (Å²) in [6, 6.07) is 7.76. The second-order valence-electron chi connectivity index (χ2n) is 8.48. The number of ether oxygens (including phenoxy) is 1. The number of halogens is 3. The van der Waals surface area contributed by atoms with Crippen molar-refractivity contribution in [2.75, 3.05) is 19.7 Å². The molecule has 6 nitrogen and oxygen atoms in total. The summed E-state index contributed by atoms with van der Waals surface area (Å²) < 4.78 is 71.7. The Balaban J connectivity index is 1.62. The average molecular weight is 498 g/mol. The van der Waals surface area contributed by atoms with Crippen molar-refractivity contribution in [1.82, 2.24) is 4.31 Å². The topological polar surface area (TPSA) is 80.8 Å². The smallest absolute Gasteiger partial charge is 0.417 e. The summed E-state index contributed by atoms with van der Waals surface area (Å²) in [5.74, 6) is -1.59. The van der Waals surface area contributed by atoms with Gasteiger partial charge in [-0.2, -0.15) is 17.5 Å². The molecule has 0 unspecified atom stereocenters. The van der Waals surface area contributed by atoms with Gasteiger partial charge in [-0.15, -0.1) is 0 Å². The summed E-state index contributed by atoms with van der Waals surface area (Å²) in [6.45, 7) is 4.85. The summed E-state index contributed by atoms with van der Waals surface area (Å²) in [7, 11) is -4.39. The number of hydrogen-bond donors (Lipinski definition) is 0. The van der Waals surface area contributed by atoms with Gasteiger partial charge in [0.25, 0.3) is 0 Å². The van der Waals surface area contributed by atoms with Crippen molar-refractivity contribution in [2.24, 2.45) is 5.92 Å². The van der Waals surface area contributed by atoms with Crippen LogP contribution in [0.1, 0.15) is 45.5 Å². The van der Waals surface area contributed by atoms with E-state index in [2.05, 4.69) is 0 Å². The predicted octanol–water partition coefficient (Wildman–Crippen LogP) is 4.46. The van der Waals surface area contributed by atoms with Crippen molar-refractivity contribution < 1.29 is 35.9 Å². The molecule has 184 valence electrons. The number of alkyl halides is 3. The van der Waals surface area contributed by atoms with Gasteiger partial charge in [-0.1, -0.05) is 29.8 Å². The third-order valence-corrected chi connectivity index (χ3v) is 7.86. The highest BCUT2D eigenvalue weighted by molar-refractivity contribution is 7.89. The first-order valence-electron chi connectivity index (χ1n) is 10.8. The Kier molecular flexibility index (Phi) is 7.52. The van der Waals surface area contributed by atoms with Crippen LogP contribution in [0.5, 0.6) is 0 Å². The first-order chi connectivity index (χ1) is 15.8. The third kappa shape index (κ3) is 5.50. The van der Waals surface area contributed by atoms with E-state index < -0.39 is 45.2 Å². The Labute approximate surface area is 196 Å². The van der Waals surface area contributed by atoms with Crippen molar-refractivity contribution in [3.63, 3.8) is 0 Å². The predicted molar refractivity (Wildman–Crippen MR) is 119 cm³/mol. The molecule has 0 saturated carbocycles. The van der Waals surface area contributed by atoms with E-state index in [1.807, 2.05) is 32.9 Å². The molecule has 0 atom stereocenters. The van der Waals surface area contributed by atoms with Crippen molar-refractivity contribution in [3.05, 3.63) is 64.2 Å². The zero-order valence-electron chi connectivity index (χ0n) is 19.1. The second kappa shape index (κ2) is 9.87. The minimum atomic E-state index is -4.81. The maximum absolute atomic E-state index is 13.3. The van der Waals surface area contributed by atoms with Crippen LogP contribution >= 0.6 is 0 Å². The van der Waals surface area contributed by atoms with E-state index in [0.29, 0.717) is 5.56 Å². The van der Waals surface area contributed by atoms with Crippen molar-refractivity contribution in [2.45, 2.75) is 44.7 Å². The lowest BCUT2D eigenvalue weighted by molar-refractivity contribution is -0.148. The van der Waals surface area contributed by atoms with Gasteiger partial charge in [0.2, 0.25) is 15.8 Å². The zero-order chi connectivity index (χ0) is 25.3. The molecule has 0 bridgehead atoms. The Morgan fingerprint density at radius 2 is 1.59 bits per heavy atom. The Bertz CT molecular complexity index is 1180. The molecule has 10 heteroatoms. The molecule has 1 fully saturated rings. The van der Waals surface area contributed by atoms with Gasteiger partial charge in [0.15, 0.2) is 6.61 Å². The number of hydrogen-bond acceptors (Lipinski definition) is 5. The molecule has 1 saturated heterocycles. The van der Waals surface area contributed by atoms with E-state index in [4.69, 9.17) is 4.74 Å². The fraction of sp³-hybridized carbons (Fsp3) is 0.417. The highest BCUT2D eigenvalue weighted by atomic mass is 32.2. The maximum atomic E-state index is 13.3. The van der Waals surface area contributed by atoms with E-state index in [1.54, 1.807) is 0 Å². The van der Waals surface area contributed by atoms with E-state index >= 15 is 0 Å². The fourth-order valence-electron chi connectivity index (χ4n) is 4.34. The lowest BCUT2D eigenvalue weighted by atomic mass is 9.96. The second-order valence-corrected chi connectivity index (χ2v) is 10.4. The monoisotopic (exact) mass is 497 g/mol. The Morgan fingerprint density at radius 3 is 2.15 bits per heavy atom. The normalized spacial score (nSPS) is 15.8. The number of carbonyl (C=O) groups excluding carboxylic acids is 2. The molecule has 3 rings (SSSR count). The number of sulfonamides is 1. The van der Waals surface area contributed by atoms with Gasteiger partial charge in [0, 0.05) is 18.7 Å². The van der Waals surface area contributed by atoms with Crippen LogP contribution in [0.15, 0.2) is 41.3 Å². The molecule has 2 aromatic carbocycles. The summed E-state index contributed by atoms with van der Waals surface area (Å²) in [5.41, 5.74) is 1.87. The third-order valence-electron chi connectivity index (χ3n) is 5.90. The minimum Gasteiger partial charge on any atom is -0.457 e. The van der Waals surface area contributed by atoms with Crippen molar-refractivity contribution >= 4 is 21.8 Å². The maximum Gasteiger partial charge on any atom is 0.417 e. The zero-order valence-corrected chi connectivity index (χ0v) is 19.9. The molecule has 34 heavy (non-hydrogen) atoms. The molecular formula is C24H26F3NO5S. The van der Waals surface area contributed by atoms with Gasteiger partial charge in [0.05, 0.1) is 16.4 Å². The molecular weight excluding hydrogens is 471 g/mol. The molecule has 1 aliphatic rings. The summed E-state index contributed by atoms with van der Waals surface area (Å²) in [6.07, 6.45) is -4.64. The molecule has 0 aromatic heterocycles. The number of Topliss-reactive ketones (excluding diaryl/α,β-unsaturated/α-hetero) is 1. The molecule has 1 heterocycles. The number of ketones is 1. The van der Waals surface area contributed by atoms with Crippen LogP contribution in [0.2, 0.25) is 0 Å². The van der Waals surface area contributed by atoms with Gasteiger partial charge in [0.1, 0.15) is 0 Å². The summed E-state index contributed by atoms with van der Waals surface area (Å²) in [5, 5.41) is 0. The average Bonchev–Trinajstić information content (AvgIpc) is 2.76.